The van der Waals surface area contributed by atoms with Gasteiger partial charge in [-0.25, -0.2) is 9.67 Å². The molecule has 0 spiro atoms. The number of hydrogen-bond acceptors (Lipinski definition) is 5. The van der Waals surface area contributed by atoms with Gasteiger partial charge in [-0.15, -0.1) is 0 Å². The monoisotopic (exact) mass is 360 g/mol. The van der Waals surface area contributed by atoms with Gasteiger partial charge in [0.1, 0.15) is 5.39 Å². The zero-order chi connectivity index (χ0) is 18.6. The number of amides is 1. The molecular formula is C19H16N6O2. The molecule has 0 unspecified atom stereocenters. The molecule has 0 saturated carbocycles. The molecule has 1 N–H and O–H groups in total. The van der Waals surface area contributed by atoms with Crippen molar-refractivity contribution in [3.63, 3.8) is 0 Å². The molecule has 134 valence electrons. The van der Waals surface area contributed by atoms with E-state index in [4.69, 9.17) is 0 Å². The summed E-state index contributed by atoms with van der Waals surface area (Å²) >= 11 is 0. The summed E-state index contributed by atoms with van der Waals surface area (Å²) in [5.74, 6) is -0.187. The average Bonchev–Trinajstić information content (AvgIpc) is 3.14. The molecule has 1 aromatic carbocycles. The number of aromatic nitrogens is 5. The summed E-state index contributed by atoms with van der Waals surface area (Å²) in [7, 11) is 0. The Bertz CT molecular complexity index is 1140. The standard InChI is InChI=1S/C19H16N6O2/c26-17(23-14-6-9-20-10-7-14)8-11-24-13-21-18-16(19(24)27)12-22-25(18)15-4-2-1-3-5-15/h1-7,9-10,12-13H,8,11H2,(H,20,23,26). The van der Waals surface area contributed by atoms with Crippen molar-refractivity contribution in [1.82, 2.24) is 24.3 Å². The Labute approximate surface area is 154 Å². The first-order valence-corrected chi connectivity index (χ1v) is 8.41. The maximum absolute atomic E-state index is 12.7. The molecule has 1 amide bonds. The van der Waals surface area contributed by atoms with Crippen LogP contribution in [0, 0.1) is 0 Å². The van der Waals surface area contributed by atoms with Gasteiger partial charge in [0, 0.05) is 31.0 Å². The third kappa shape index (κ3) is 3.45. The highest BCUT2D eigenvalue weighted by Gasteiger charge is 2.12. The number of rotatable bonds is 5. The summed E-state index contributed by atoms with van der Waals surface area (Å²) in [6.07, 6.45) is 6.31. The lowest BCUT2D eigenvalue weighted by atomic mass is 10.3. The lowest BCUT2D eigenvalue weighted by molar-refractivity contribution is -0.116. The van der Waals surface area contributed by atoms with Crippen molar-refractivity contribution in [1.29, 1.82) is 0 Å². The maximum Gasteiger partial charge on any atom is 0.264 e. The van der Waals surface area contributed by atoms with Crippen molar-refractivity contribution in [3.05, 3.63) is 77.7 Å². The lowest BCUT2D eigenvalue weighted by Crippen LogP contribution is -2.23. The number of benzene rings is 1. The molecule has 3 aromatic heterocycles. The van der Waals surface area contributed by atoms with Crippen LogP contribution in [0.15, 0.2) is 72.2 Å². The molecule has 8 nitrogen and oxygen atoms in total. The van der Waals surface area contributed by atoms with Crippen LogP contribution in [0.3, 0.4) is 0 Å². The number of aryl methyl sites for hydroxylation is 1. The highest BCUT2D eigenvalue weighted by Crippen LogP contribution is 2.13. The highest BCUT2D eigenvalue weighted by molar-refractivity contribution is 5.90. The molecule has 4 rings (SSSR count). The first-order valence-electron chi connectivity index (χ1n) is 8.41. The predicted molar refractivity (Wildman–Crippen MR) is 101 cm³/mol. The van der Waals surface area contributed by atoms with Crippen molar-refractivity contribution in [2.45, 2.75) is 13.0 Å². The van der Waals surface area contributed by atoms with Gasteiger partial charge in [-0.1, -0.05) is 18.2 Å². The van der Waals surface area contributed by atoms with E-state index < -0.39 is 0 Å². The third-order valence-corrected chi connectivity index (χ3v) is 4.10. The largest absolute Gasteiger partial charge is 0.326 e. The molecule has 4 aromatic rings. The molecule has 0 aliphatic heterocycles. The molecule has 0 saturated heterocycles. The number of para-hydroxylation sites is 1. The molecule has 0 aliphatic rings. The fraction of sp³-hybridized carbons (Fsp3) is 0.105. The minimum absolute atomic E-state index is 0.155. The Kier molecular flexibility index (Phi) is 4.44. The molecule has 27 heavy (non-hydrogen) atoms. The van der Waals surface area contributed by atoms with Crippen LogP contribution in [-0.2, 0) is 11.3 Å². The molecule has 8 heteroatoms. The topological polar surface area (TPSA) is 94.7 Å². The molecule has 0 atom stereocenters. The van der Waals surface area contributed by atoms with E-state index in [2.05, 4.69) is 20.4 Å². The average molecular weight is 360 g/mol. The number of carbonyl (C=O) groups is 1. The molecule has 0 fully saturated rings. The maximum atomic E-state index is 12.7. The number of fused-ring (bicyclic) bond motifs is 1. The van der Waals surface area contributed by atoms with Crippen LogP contribution in [0.4, 0.5) is 5.69 Å². The van der Waals surface area contributed by atoms with Crippen LogP contribution in [0.2, 0.25) is 0 Å². The van der Waals surface area contributed by atoms with Crippen LogP contribution in [0.25, 0.3) is 16.7 Å². The number of hydrogen-bond donors (Lipinski definition) is 1. The summed E-state index contributed by atoms with van der Waals surface area (Å²) in [5.41, 5.74) is 1.76. The van der Waals surface area contributed by atoms with Gasteiger partial charge >= 0.3 is 0 Å². The predicted octanol–water partition coefficient (Wildman–Crippen LogP) is 2.01. The van der Waals surface area contributed by atoms with Gasteiger partial charge in [-0.2, -0.15) is 5.10 Å². The van der Waals surface area contributed by atoms with Crippen LogP contribution in [0.5, 0.6) is 0 Å². The molecule has 0 aliphatic carbocycles. The van der Waals surface area contributed by atoms with Crippen molar-refractivity contribution >= 4 is 22.6 Å². The van der Waals surface area contributed by atoms with Crippen LogP contribution in [-0.4, -0.2) is 30.2 Å². The lowest BCUT2D eigenvalue weighted by Gasteiger charge is -2.07. The van der Waals surface area contributed by atoms with Gasteiger partial charge in [0.15, 0.2) is 5.65 Å². The number of nitrogens with zero attached hydrogens (tertiary/aromatic N) is 5. The summed E-state index contributed by atoms with van der Waals surface area (Å²) in [4.78, 5) is 33.0. The molecular weight excluding hydrogens is 344 g/mol. The fourth-order valence-electron chi connectivity index (χ4n) is 2.75. The second-order valence-corrected chi connectivity index (χ2v) is 5.91. The van der Waals surface area contributed by atoms with Crippen molar-refractivity contribution in [3.8, 4) is 5.69 Å². The SMILES string of the molecule is O=C(CCn1cnc2c(cnn2-c2ccccc2)c1=O)Nc1ccncc1. The van der Waals surface area contributed by atoms with Gasteiger partial charge < -0.3 is 5.32 Å². The Morgan fingerprint density at radius 2 is 1.85 bits per heavy atom. The quantitative estimate of drug-likeness (QED) is 0.587. The van der Waals surface area contributed by atoms with E-state index >= 15 is 0 Å². The zero-order valence-electron chi connectivity index (χ0n) is 14.3. The van der Waals surface area contributed by atoms with Gasteiger partial charge in [0.25, 0.3) is 5.56 Å². The Morgan fingerprint density at radius 3 is 2.63 bits per heavy atom. The van der Waals surface area contributed by atoms with Gasteiger partial charge in [-0.3, -0.25) is 19.1 Å². The minimum Gasteiger partial charge on any atom is -0.326 e. The van der Waals surface area contributed by atoms with Gasteiger partial charge in [-0.05, 0) is 24.3 Å². The van der Waals surface area contributed by atoms with Crippen LogP contribution >= 0.6 is 0 Å². The van der Waals surface area contributed by atoms with Crippen molar-refractivity contribution in [2.75, 3.05) is 5.32 Å². The zero-order valence-corrected chi connectivity index (χ0v) is 14.3. The summed E-state index contributed by atoms with van der Waals surface area (Å²) in [5, 5.41) is 7.45. The number of nitrogens with one attached hydrogen (secondary N) is 1. The van der Waals surface area contributed by atoms with E-state index in [0.29, 0.717) is 16.7 Å². The second kappa shape index (κ2) is 7.20. The fourth-order valence-corrected chi connectivity index (χ4v) is 2.75. The Morgan fingerprint density at radius 1 is 1.07 bits per heavy atom. The number of anilines is 1. The number of carbonyl (C=O) groups excluding carboxylic acids is 1. The van der Waals surface area contributed by atoms with E-state index in [1.807, 2.05) is 30.3 Å². The van der Waals surface area contributed by atoms with Crippen LogP contribution < -0.4 is 10.9 Å². The van der Waals surface area contributed by atoms with E-state index in [1.54, 1.807) is 29.2 Å². The number of pyridine rings is 1. The van der Waals surface area contributed by atoms with Crippen molar-refractivity contribution in [2.24, 2.45) is 0 Å². The van der Waals surface area contributed by atoms with E-state index in [-0.39, 0.29) is 24.4 Å². The minimum atomic E-state index is -0.223. The van der Waals surface area contributed by atoms with Crippen molar-refractivity contribution < 1.29 is 4.79 Å². The Balaban J connectivity index is 1.53. The van der Waals surface area contributed by atoms with E-state index in [0.717, 1.165) is 5.69 Å². The molecule has 0 bridgehead atoms. The van der Waals surface area contributed by atoms with E-state index in [1.165, 1.54) is 17.1 Å². The first-order chi connectivity index (χ1) is 13.2. The van der Waals surface area contributed by atoms with Gasteiger partial charge in [0.05, 0.1) is 18.2 Å². The molecule has 0 radical (unpaired) electrons. The van der Waals surface area contributed by atoms with Crippen LogP contribution in [0.1, 0.15) is 6.42 Å². The first kappa shape index (κ1) is 16.6. The van der Waals surface area contributed by atoms with E-state index in [9.17, 15) is 9.59 Å². The molecule has 3 heterocycles. The summed E-state index contributed by atoms with van der Waals surface area (Å²) in [6, 6.07) is 12.9. The normalized spacial score (nSPS) is 10.8. The smallest absolute Gasteiger partial charge is 0.264 e. The summed E-state index contributed by atoms with van der Waals surface area (Å²) in [6.45, 7) is 0.231. The Hall–Kier alpha value is -3.81. The van der Waals surface area contributed by atoms with Gasteiger partial charge in [0.2, 0.25) is 5.91 Å². The summed E-state index contributed by atoms with van der Waals surface area (Å²) < 4.78 is 3.04. The second-order valence-electron chi connectivity index (χ2n) is 5.91. The highest BCUT2D eigenvalue weighted by atomic mass is 16.2. The third-order valence-electron chi connectivity index (χ3n) is 4.10.